The van der Waals surface area contributed by atoms with Crippen molar-refractivity contribution in [2.45, 2.75) is 91.9 Å². The van der Waals surface area contributed by atoms with Crippen LogP contribution < -0.4 is 0 Å². The van der Waals surface area contributed by atoms with Crippen LogP contribution in [-0.4, -0.2) is 58.9 Å². The summed E-state index contributed by atoms with van der Waals surface area (Å²) in [5.41, 5.74) is 3.59. The van der Waals surface area contributed by atoms with Crippen molar-refractivity contribution in [1.82, 2.24) is 39.3 Å². The number of nitrogens with zero attached hydrogens (tertiary/aromatic N) is 6. The van der Waals surface area contributed by atoms with Gasteiger partial charge in [-0.15, -0.1) is 0 Å². The van der Waals surface area contributed by atoms with Crippen molar-refractivity contribution < 1.29 is 0 Å². The number of nitrogens with one attached hydrogen (secondary N) is 2. The first kappa shape index (κ1) is 28.0. The summed E-state index contributed by atoms with van der Waals surface area (Å²) < 4.78 is 2.45. The van der Waals surface area contributed by atoms with Crippen molar-refractivity contribution in [2.24, 2.45) is 0 Å². The Bertz CT molecular complexity index is 1200. The fourth-order valence-electron chi connectivity index (χ4n) is 5.45. The van der Waals surface area contributed by atoms with Crippen LogP contribution in [0.1, 0.15) is 95.4 Å². The van der Waals surface area contributed by atoms with Crippen LogP contribution in [0.2, 0.25) is 0 Å². The van der Waals surface area contributed by atoms with E-state index in [4.69, 9.17) is 4.98 Å². The zero-order valence-corrected chi connectivity index (χ0v) is 24.0. The second kappa shape index (κ2) is 13.7. The zero-order chi connectivity index (χ0) is 26.9. The number of aryl methyl sites for hydroxylation is 1. The number of hydrogen-bond acceptors (Lipinski definition) is 5. The van der Waals surface area contributed by atoms with E-state index in [0.29, 0.717) is 12.6 Å². The maximum absolute atomic E-state index is 5.09. The Balaban J connectivity index is 1.50. The Morgan fingerprint density at radius 2 is 1.66 bits per heavy atom. The summed E-state index contributed by atoms with van der Waals surface area (Å²) >= 11 is 0. The maximum atomic E-state index is 5.09. The van der Waals surface area contributed by atoms with Gasteiger partial charge in [-0.2, -0.15) is 0 Å². The lowest BCUT2D eigenvalue weighted by Gasteiger charge is -2.27. The molecule has 1 atom stereocenters. The molecule has 0 amide bonds. The minimum Gasteiger partial charge on any atom is -0.348 e. The minimum atomic E-state index is 0.122. The van der Waals surface area contributed by atoms with Crippen LogP contribution in [0.15, 0.2) is 43.0 Å². The molecule has 0 fully saturated rings. The zero-order valence-electron chi connectivity index (χ0n) is 24.0. The quantitative estimate of drug-likeness (QED) is 0.171. The highest BCUT2D eigenvalue weighted by atomic mass is 15.2. The molecule has 206 valence electrons. The Morgan fingerprint density at radius 3 is 2.32 bits per heavy atom. The fourth-order valence-corrected chi connectivity index (χ4v) is 5.45. The summed E-state index contributed by atoms with van der Waals surface area (Å²) in [6.07, 6.45) is 13.3. The smallest absolute Gasteiger partial charge is 0.123 e. The van der Waals surface area contributed by atoms with E-state index in [1.54, 1.807) is 0 Å². The van der Waals surface area contributed by atoms with E-state index in [-0.39, 0.29) is 6.04 Å². The van der Waals surface area contributed by atoms with Crippen LogP contribution in [0, 0.1) is 0 Å². The molecule has 4 rings (SSSR count). The van der Waals surface area contributed by atoms with Gasteiger partial charge >= 0.3 is 0 Å². The van der Waals surface area contributed by atoms with Gasteiger partial charge in [0.1, 0.15) is 17.5 Å². The monoisotopic (exact) mass is 518 g/mol. The third kappa shape index (κ3) is 7.11. The molecule has 0 spiro atoms. The first-order chi connectivity index (χ1) is 18.5. The molecule has 0 aliphatic carbocycles. The molecule has 0 aliphatic rings. The van der Waals surface area contributed by atoms with E-state index in [0.717, 1.165) is 30.1 Å². The summed E-state index contributed by atoms with van der Waals surface area (Å²) in [5, 5.41) is 0. The first-order valence-electron chi connectivity index (χ1n) is 14.4. The summed E-state index contributed by atoms with van der Waals surface area (Å²) in [6.45, 7) is 16.4. The van der Waals surface area contributed by atoms with Crippen molar-refractivity contribution >= 4 is 11.0 Å². The van der Waals surface area contributed by atoms with Gasteiger partial charge in [-0.1, -0.05) is 19.9 Å². The van der Waals surface area contributed by atoms with E-state index in [1.165, 1.54) is 62.2 Å². The largest absolute Gasteiger partial charge is 0.348 e. The fraction of sp³-hybridized carbons (Fsp3) is 0.567. The number of aromatic nitrogens is 6. The highest BCUT2D eigenvalue weighted by Gasteiger charge is 2.21. The lowest BCUT2D eigenvalue weighted by Crippen LogP contribution is -2.27. The molecule has 0 saturated heterocycles. The molecular weight excluding hydrogens is 472 g/mol. The van der Waals surface area contributed by atoms with Crippen LogP contribution in [0.25, 0.3) is 11.0 Å². The van der Waals surface area contributed by atoms with Gasteiger partial charge in [-0.05, 0) is 83.8 Å². The van der Waals surface area contributed by atoms with Gasteiger partial charge in [-0.25, -0.2) is 15.0 Å². The summed E-state index contributed by atoms with van der Waals surface area (Å²) in [5.74, 6) is 3.13. The van der Waals surface area contributed by atoms with Gasteiger partial charge in [0.25, 0.3) is 0 Å². The van der Waals surface area contributed by atoms with Crippen LogP contribution in [0.3, 0.4) is 0 Å². The lowest BCUT2D eigenvalue weighted by atomic mass is 10.1. The molecule has 4 aromatic rings. The van der Waals surface area contributed by atoms with Gasteiger partial charge in [0.15, 0.2) is 0 Å². The molecule has 38 heavy (non-hydrogen) atoms. The molecule has 0 radical (unpaired) electrons. The third-order valence-corrected chi connectivity index (χ3v) is 7.30. The Morgan fingerprint density at radius 1 is 0.895 bits per heavy atom. The molecule has 8 heteroatoms. The van der Waals surface area contributed by atoms with Crippen molar-refractivity contribution in [3.63, 3.8) is 0 Å². The number of hydrogen-bond donors (Lipinski definition) is 2. The highest BCUT2D eigenvalue weighted by Crippen LogP contribution is 2.26. The van der Waals surface area contributed by atoms with E-state index in [1.807, 2.05) is 24.8 Å². The number of imidazole rings is 3. The summed E-state index contributed by atoms with van der Waals surface area (Å²) in [6, 6.07) is 7.24. The van der Waals surface area contributed by atoms with Gasteiger partial charge in [0, 0.05) is 43.8 Å². The Labute approximate surface area is 227 Å². The van der Waals surface area contributed by atoms with E-state index in [2.05, 4.69) is 87.1 Å². The van der Waals surface area contributed by atoms with Crippen molar-refractivity contribution in [1.29, 1.82) is 0 Å². The van der Waals surface area contributed by atoms with Crippen LogP contribution in [-0.2, 0) is 19.5 Å². The van der Waals surface area contributed by atoms with Crippen molar-refractivity contribution in [3.05, 3.63) is 66.0 Å². The molecule has 0 bridgehead atoms. The van der Waals surface area contributed by atoms with Gasteiger partial charge in [-0.3, -0.25) is 4.90 Å². The number of aromatic amines is 2. The average molecular weight is 519 g/mol. The molecule has 0 aliphatic heterocycles. The summed E-state index contributed by atoms with van der Waals surface area (Å²) in [4.78, 5) is 25.6. The molecule has 8 nitrogen and oxygen atoms in total. The number of rotatable bonds is 16. The second-order valence-corrected chi connectivity index (χ2v) is 10.7. The molecular formula is C30H46N8. The minimum absolute atomic E-state index is 0.122. The standard InChI is InChI=1S/C30H46N8/c1-6-17-36(18-7-2)19-9-8-10-29-35-26-12-11-25(20-27(26)38(29)23(3)4)21-37(22-28-31-13-14-32-28)24(5)30-33-15-16-34-30/h11-16,20,23-24H,6-10,17-19,21-22H2,1-5H3,(H,31,32)(H,33,34). The van der Waals surface area contributed by atoms with E-state index >= 15 is 0 Å². The predicted molar refractivity (Wildman–Crippen MR) is 155 cm³/mol. The van der Waals surface area contributed by atoms with Crippen LogP contribution >= 0.6 is 0 Å². The molecule has 3 aromatic heterocycles. The molecule has 1 unspecified atom stereocenters. The molecule has 2 N–H and O–H groups in total. The number of benzene rings is 1. The number of H-pyrrole nitrogens is 2. The van der Waals surface area contributed by atoms with Crippen LogP contribution in [0.4, 0.5) is 0 Å². The van der Waals surface area contributed by atoms with Crippen molar-refractivity contribution in [3.8, 4) is 0 Å². The third-order valence-electron chi connectivity index (χ3n) is 7.30. The maximum Gasteiger partial charge on any atom is 0.123 e. The normalized spacial score (nSPS) is 12.9. The van der Waals surface area contributed by atoms with Crippen molar-refractivity contribution in [2.75, 3.05) is 19.6 Å². The molecule has 3 heterocycles. The lowest BCUT2D eigenvalue weighted by molar-refractivity contribution is 0.181. The number of fused-ring (bicyclic) bond motifs is 1. The van der Waals surface area contributed by atoms with Gasteiger partial charge in [0.2, 0.25) is 0 Å². The Hall–Kier alpha value is -2.97. The van der Waals surface area contributed by atoms with Crippen LogP contribution in [0.5, 0.6) is 0 Å². The molecule has 1 aromatic carbocycles. The van der Waals surface area contributed by atoms with Gasteiger partial charge in [0.05, 0.1) is 23.6 Å². The topological polar surface area (TPSA) is 81.7 Å². The second-order valence-electron chi connectivity index (χ2n) is 10.7. The van der Waals surface area contributed by atoms with E-state index < -0.39 is 0 Å². The summed E-state index contributed by atoms with van der Waals surface area (Å²) in [7, 11) is 0. The average Bonchev–Trinajstić information content (AvgIpc) is 3.67. The Kier molecular flexibility index (Phi) is 10.1. The van der Waals surface area contributed by atoms with E-state index in [9.17, 15) is 0 Å². The number of unbranched alkanes of at least 4 members (excludes halogenated alkanes) is 1. The first-order valence-corrected chi connectivity index (χ1v) is 14.4. The predicted octanol–water partition coefficient (Wildman–Crippen LogP) is 6.27. The SMILES string of the molecule is CCCN(CCC)CCCCc1nc2ccc(CN(Cc3ncc[nH]3)C(C)c3ncc[nH]3)cc2n1C(C)C. The molecule has 0 saturated carbocycles. The van der Waals surface area contributed by atoms with Gasteiger partial charge < -0.3 is 19.4 Å². The highest BCUT2D eigenvalue weighted by molar-refractivity contribution is 5.77.